The molecular weight excluding hydrogens is 368 g/mol. The number of methoxy groups -OCH3 is 1. The number of hydrogen-bond donors (Lipinski definition) is 1. The average molecular weight is 388 g/mol. The van der Waals surface area contributed by atoms with E-state index in [0.717, 1.165) is 61.8 Å². The summed E-state index contributed by atoms with van der Waals surface area (Å²) in [7, 11) is 1.68. The highest BCUT2D eigenvalue weighted by Crippen LogP contribution is 2.42. The number of fused-ring (bicyclic) bond motifs is 3. The summed E-state index contributed by atoms with van der Waals surface area (Å²) in [4.78, 5) is 15.7. The number of benzene rings is 2. The molecule has 140 valence electrons. The lowest BCUT2D eigenvalue weighted by atomic mass is 9.93. The number of nitrogens with zero attached hydrogens (tertiary/aromatic N) is 1. The van der Waals surface area contributed by atoms with Crippen LogP contribution in [0.1, 0.15) is 24.5 Å². The van der Waals surface area contributed by atoms with E-state index in [4.69, 9.17) is 10.00 Å². The third-order valence-electron chi connectivity index (χ3n) is 5.12. The number of hydrogen-bond acceptors (Lipinski definition) is 4. The van der Waals surface area contributed by atoms with Gasteiger partial charge in [0.15, 0.2) is 0 Å². The van der Waals surface area contributed by atoms with Crippen LogP contribution in [0.25, 0.3) is 32.1 Å². The summed E-state index contributed by atoms with van der Waals surface area (Å²) in [6, 6.07) is 14.5. The quantitative estimate of drug-likeness (QED) is 0.495. The number of ether oxygens (including phenoxy) is 1. The number of aromatic amines is 1. The third-order valence-corrected chi connectivity index (χ3v) is 6.03. The van der Waals surface area contributed by atoms with Gasteiger partial charge in [0.1, 0.15) is 10.4 Å². The van der Waals surface area contributed by atoms with Crippen LogP contribution >= 0.6 is 11.3 Å². The van der Waals surface area contributed by atoms with Gasteiger partial charge in [-0.15, -0.1) is 11.3 Å². The summed E-state index contributed by atoms with van der Waals surface area (Å²) in [6.45, 7) is 2.08. The van der Waals surface area contributed by atoms with Gasteiger partial charge in [0.05, 0.1) is 18.7 Å². The van der Waals surface area contributed by atoms with Crippen molar-refractivity contribution in [3.05, 3.63) is 63.3 Å². The fourth-order valence-electron chi connectivity index (χ4n) is 3.74. The van der Waals surface area contributed by atoms with Gasteiger partial charge < -0.3 is 9.72 Å². The molecule has 0 spiro atoms. The van der Waals surface area contributed by atoms with Gasteiger partial charge in [-0.3, -0.25) is 4.79 Å². The summed E-state index contributed by atoms with van der Waals surface area (Å²) < 4.78 is 6.50. The van der Waals surface area contributed by atoms with Crippen LogP contribution in [0.3, 0.4) is 0 Å². The van der Waals surface area contributed by atoms with Crippen LogP contribution in [0.4, 0.5) is 0 Å². The van der Waals surface area contributed by atoms with Crippen molar-refractivity contribution in [2.75, 3.05) is 7.11 Å². The minimum Gasteiger partial charge on any atom is -0.496 e. The van der Waals surface area contributed by atoms with Gasteiger partial charge in [-0.25, -0.2) is 0 Å². The molecule has 0 aliphatic heterocycles. The van der Waals surface area contributed by atoms with Gasteiger partial charge in [0.25, 0.3) is 5.56 Å². The summed E-state index contributed by atoms with van der Waals surface area (Å²) in [6.07, 6.45) is 2.05. The smallest absolute Gasteiger partial charge is 0.266 e. The van der Waals surface area contributed by atoms with Gasteiger partial charge in [0, 0.05) is 22.8 Å². The largest absolute Gasteiger partial charge is 0.496 e. The molecule has 4 rings (SSSR count). The molecule has 2 aromatic heterocycles. The zero-order chi connectivity index (χ0) is 19.7. The van der Waals surface area contributed by atoms with Crippen LogP contribution < -0.4 is 10.3 Å². The number of rotatable bonds is 5. The minimum atomic E-state index is -0.0461. The lowest BCUT2D eigenvalue weighted by Gasteiger charge is -2.16. The van der Waals surface area contributed by atoms with E-state index in [1.54, 1.807) is 7.11 Å². The molecule has 4 aromatic rings. The molecule has 0 saturated heterocycles. The first kappa shape index (κ1) is 18.3. The Morgan fingerprint density at radius 3 is 2.68 bits per heavy atom. The highest BCUT2D eigenvalue weighted by atomic mass is 32.1. The summed E-state index contributed by atoms with van der Waals surface area (Å²) >= 11 is 1.46. The Morgan fingerprint density at radius 1 is 1.21 bits per heavy atom. The molecule has 0 saturated carbocycles. The topological polar surface area (TPSA) is 65.9 Å². The molecule has 0 aliphatic rings. The second kappa shape index (κ2) is 7.49. The highest BCUT2D eigenvalue weighted by Gasteiger charge is 2.19. The molecular formula is C23H20N2O2S. The van der Waals surface area contributed by atoms with Gasteiger partial charge in [-0.1, -0.05) is 31.2 Å². The van der Waals surface area contributed by atoms with Crippen LogP contribution in [0, 0.1) is 11.3 Å². The predicted molar refractivity (Wildman–Crippen MR) is 115 cm³/mol. The Kier molecular flexibility index (Phi) is 4.89. The second-order valence-electron chi connectivity index (χ2n) is 6.69. The third kappa shape index (κ3) is 2.96. The van der Waals surface area contributed by atoms with E-state index >= 15 is 0 Å². The fraction of sp³-hybridized carbons (Fsp3) is 0.217. The highest BCUT2D eigenvalue weighted by molar-refractivity contribution is 7.17. The van der Waals surface area contributed by atoms with E-state index < -0.39 is 0 Å². The lowest BCUT2D eigenvalue weighted by molar-refractivity contribution is 0.416. The lowest BCUT2D eigenvalue weighted by Crippen LogP contribution is -2.07. The molecule has 0 atom stereocenters. The maximum absolute atomic E-state index is 12.6. The Morgan fingerprint density at radius 2 is 2.00 bits per heavy atom. The van der Waals surface area contributed by atoms with Crippen LogP contribution in [-0.4, -0.2) is 12.1 Å². The van der Waals surface area contributed by atoms with Crippen molar-refractivity contribution in [2.45, 2.75) is 26.2 Å². The molecule has 0 aliphatic carbocycles. The van der Waals surface area contributed by atoms with Gasteiger partial charge in [-0.2, -0.15) is 5.26 Å². The molecule has 0 bridgehead atoms. The Hall–Kier alpha value is -3.10. The Balaban J connectivity index is 2.05. The second-order valence-corrected chi connectivity index (χ2v) is 7.61. The Bertz CT molecular complexity index is 1260. The number of nitrogens with one attached hydrogen (secondary N) is 1. The van der Waals surface area contributed by atoms with Gasteiger partial charge >= 0.3 is 0 Å². The first-order valence-electron chi connectivity index (χ1n) is 9.27. The maximum Gasteiger partial charge on any atom is 0.266 e. The van der Waals surface area contributed by atoms with Crippen molar-refractivity contribution >= 4 is 32.3 Å². The molecule has 0 unspecified atom stereocenters. The van der Waals surface area contributed by atoms with E-state index in [2.05, 4.69) is 42.2 Å². The molecule has 2 aromatic carbocycles. The van der Waals surface area contributed by atoms with Crippen LogP contribution in [0.15, 0.2) is 46.6 Å². The molecule has 0 radical (unpaired) electrons. The standard InChI is InChI=1S/C23H20N2O2S/c1-3-15-13-18(27-2)19(16-8-6-14(7-9-16)5-4-11-24)20-17-10-12-28-22(17)23(26)25-21(15)20/h6-10,12-13H,3-5H2,1-2H3,(H,25,26). The predicted octanol–water partition coefficient (Wildman–Crippen LogP) is 5.44. The summed E-state index contributed by atoms with van der Waals surface area (Å²) in [5.74, 6) is 0.800. The summed E-state index contributed by atoms with van der Waals surface area (Å²) in [5, 5.41) is 12.7. The summed E-state index contributed by atoms with van der Waals surface area (Å²) in [5.41, 5.74) is 5.04. The van der Waals surface area contributed by atoms with Crippen molar-refractivity contribution in [3.63, 3.8) is 0 Å². The number of pyridine rings is 1. The average Bonchev–Trinajstić information content (AvgIpc) is 3.22. The number of H-pyrrole nitrogens is 1. The van der Waals surface area contributed by atoms with E-state index in [-0.39, 0.29) is 5.56 Å². The number of aryl methyl sites for hydroxylation is 2. The van der Waals surface area contributed by atoms with E-state index in [9.17, 15) is 4.79 Å². The van der Waals surface area contributed by atoms with Crippen molar-refractivity contribution in [2.24, 2.45) is 0 Å². The van der Waals surface area contributed by atoms with E-state index in [0.29, 0.717) is 6.42 Å². The Labute approximate surface area is 167 Å². The van der Waals surface area contributed by atoms with Crippen molar-refractivity contribution in [1.82, 2.24) is 4.98 Å². The SMILES string of the molecule is CCc1cc(OC)c(-c2ccc(CCC#N)cc2)c2c1[nH]c(=O)c1sccc12. The first-order chi connectivity index (χ1) is 13.7. The molecule has 5 heteroatoms. The molecule has 2 heterocycles. The van der Waals surface area contributed by atoms with E-state index in [1.165, 1.54) is 11.3 Å². The minimum absolute atomic E-state index is 0.0461. The van der Waals surface area contributed by atoms with Gasteiger partial charge in [0.2, 0.25) is 0 Å². The van der Waals surface area contributed by atoms with Crippen molar-refractivity contribution in [1.29, 1.82) is 5.26 Å². The number of aromatic nitrogens is 1. The monoisotopic (exact) mass is 388 g/mol. The van der Waals surface area contributed by atoms with Crippen molar-refractivity contribution < 1.29 is 4.74 Å². The van der Waals surface area contributed by atoms with Crippen molar-refractivity contribution in [3.8, 4) is 22.9 Å². The van der Waals surface area contributed by atoms with Crippen LogP contribution in [-0.2, 0) is 12.8 Å². The molecule has 0 fully saturated rings. The molecule has 28 heavy (non-hydrogen) atoms. The first-order valence-corrected chi connectivity index (χ1v) is 10.1. The molecule has 1 N–H and O–H groups in total. The normalized spacial score (nSPS) is 11.0. The molecule has 4 nitrogen and oxygen atoms in total. The zero-order valence-corrected chi connectivity index (χ0v) is 16.7. The zero-order valence-electron chi connectivity index (χ0n) is 15.8. The van der Waals surface area contributed by atoms with Crippen LogP contribution in [0.2, 0.25) is 0 Å². The van der Waals surface area contributed by atoms with E-state index in [1.807, 2.05) is 17.5 Å². The maximum atomic E-state index is 12.6. The number of nitriles is 1. The van der Waals surface area contributed by atoms with Gasteiger partial charge in [-0.05, 0) is 47.0 Å². The van der Waals surface area contributed by atoms with Crippen LogP contribution in [0.5, 0.6) is 5.75 Å². The molecule has 0 amide bonds. The number of thiophene rings is 1. The fourth-order valence-corrected chi connectivity index (χ4v) is 4.54.